The normalized spacial score (nSPS) is 10.5. The van der Waals surface area contributed by atoms with E-state index in [0.29, 0.717) is 22.8 Å². The summed E-state index contributed by atoms with van der Waals surface area (Å²) in [6.45, 7) is 0.320. The van der Waals surface area contributed by atoms with Crippen LogP contribution in [-0.2, 0) is 13.0 Å². The molecule has 0 amide bonds. The maximum atomic E-state index is 12.2. The van der Waals surface area contributed by atoms with Gasteiger partial charge in [0.15, 0.2) is 5.78 Å². The summed E-state index contributed by atoms with van der Waals surface area (Å²) in [7, 11) is 0. The molecular weight excluding hydrogens is 328 g/mol. The lowest BCUT2D eigenvalue weighted by Crippen LogP contribution is -2.07. The number of carbonyl (C=O) groups is 1. The second-order valence-electron chi connectivity index (χ2n) is 4.08. The monoisotopic (exact) mass is 338 g/mol. The fourth-order valence-corrected chi connectivity index (χ4v) is 2.44. The van der Waals surface area contributed by atoms with Crippen LogP contribution >= 0.6 is 27.5 Å². The predicted molar refractivity (Wildman–Crippen MR) is 79.3 cm³/mol. The van der Waals surface area contributed by atoms with Gasteiger partial charge in [0, 0.05) is 34.2 Å². The number of aromatic nitrogens is 1. The van der Waals surface area contributed by atoms with Gasteiger partial charge in [0.05, 0.1) is 5.69 Å². The number of carbonyl (C=O) groups excluding carboxylic acids is 1. The first-order chi connectivity index (χ1) is 9.10. The third-order valence-electron chi connectivity index (χ3n) is 2.71. The molecule has 0 atom stereocenters. The Bertz CT molecular complexity index is 616. The Labute approximate surface area is 124 Å². The van der Waals surface area contributed by atoms with Crippen LogP contribution in [0.3, 0.4) is 0 Å². The Balaban J connectivity index is 2.20. The molecule has 1 heterocycles. The van der Waals surface area contributed by atoms with Crippen molar-refractivity contribution >= 4 is 33.3 Å². The number of pyridine rings is 1. The maximum absolute atomic E-state index is 12.2. The molecule has 19 heavy (non-hydrogen) atoms. The molecule has 0 aliphatic rings. The highest BCUT2D eigenvalue weighted by molar-refractivity contribution is 9.10. The smallest absolute Gasteiger partial charge is 0.167 e. The Morgan fingerprint density at radius 1 is 1.32 bits per heavy atom. The van der Waals surface area contributed by atoms with Crippen LogP contribution < -0.4 is 5.73 Å². The van der Waals surface area contributed by atoms with Crippen LogP contribution in [0.2, 0.25) is 5.02 Å². The number of rotatable bonds is 4. The first kappa shape index (κ1) is 14.2. The molecule has 1 aromatic heterocycles. The van der Waals surface area contributed by atoms with Gasteiger partial charge in [-0.2, -0.15) is 0 Å². The van der Waals surface area contributed by atoms with E-state index in [9.17, 15) is 4.79 Å². The first-order valence-electron chi connectivity index (χ1n) is 5.72. The molecule has 0 radical (unpaired) electrons. The van der Waals surface area contributed by atoms with Crippen molar-refractivity contribution in [1.82, 2.24) is 4.98 Å². The minimum absolute atomic E-state index is 0.00122. The number of halogens is 2. The molecule has 0 saturated carbocycles. The van der Waals surface area contributed by atoms with Crippen molar-refractivity contribution in [1.29, 1.82) is 0 Å². The van der Waals surface area contributed by atoms with E-state index in [1.54, 1.807) is 24.4 Å². The summed E-state index contributed by atoms with van der Waals surface area (Å²) in [5.41, 5.74) is 7.63. The summed E-state index contributed by atoms with van der Waals surface area (Å²) < 4.78 is 0.892. The van der Waals surface area contributed by atoms with Crippen LogP contribution in [0.4, 0.5) is 0 Å². The van der Waals surface area contributed by atoms with E-state index >= 15 is 0 Å². The molecule has 0 saturated heterocycles. The van der Waals surface area contributed by atoms with Crippen LogP contribution in [0.5, 0.6) is 0 Å². The molecule has 0 aliphatic heterocycles. The number of hydrogen-bond donors (Lipinski definition) is 1. The van der Waals surface area contributed by atoms with Gasteiger partial charge in [-0.25, -0.2) is 0 Å². The van der Waals surface area contributed by atoms with Gasteiger partial charge < -0.3 is 5.73 Å². The number of nitrogens with two attached hydrogens (primary N) is 1. The molecule has 1 aromatic carbocycles. The van der Waals surface area contributed by atoms with Crippen molar-refractivity contribution in [3.8, 4) is 0 Å². The highest BCUT2D eigenvalue weighted by Crippen LogP contribution is 2.22. The van der Waals surface area contributed by atoms with E-state index in [2.05, 4.69) is 20.9 Å². The molecule has 2 aromatic rings. The SMILES string of the molecule is NCc1cc(C(=O)Cc2ccc(Br)cc2Cl)ccn1. The van der Waals surface area contributed by atoms with Crippen molar-refractivity contribution in [3.63, 3.8) is 0 Å². The van der Waals surface area contributed by atoms with Crippen LogP contribution in [0, 0.1) is 0 Å². The molecule has 3 nitrogen and oxygen atoms in total. The van der Waals surface area contributed by atoms with Crippen LogP contribution in [0.15, 0.2) is 41.0 Å². The van der Waals surface area contributed by atoms with Crippen molar-refractivity contribution in [2.45, 2.75) is 13.0 Å². The van der Waals surface area contributed by atoms with Crippen molar-refractivity contribution in [3.05, 3.63) is 62.8 Å². The van der Waals surface area contributed by atoms with E-state index in [-0.39, 0.29) is 12.2 Å². The summed E-state index contributed by atoms with van der Waals surface area (Å²) in [5.74, 6) is 0.00122. The molecule has 2 rings (SSSR count). The fourth-order valence-electron chi connectivity index (χ4n) is 1.70. The minimum Gasteiger partial charge on any atom is -0.325 e. The lowest BCUT2D eigenvalue weighted by Gasteiger charge is -2.05. The third-order valence-corrected chi connectivity index (χ3v) is 3.56. The standard InChI is InChI=1S/C14H12BrClN2O/c15-11-2-1-9(13(16)7-11)6-14(19)10-3-4-18-12(5-10)8-17/h1-5,7H,6,8,17H2. The summed E-state index contributed by atoms with van der Waals surface area (Å²) in [6, 6.07) is 8.90. The minimum atomic E-state index is 0.00122. The van der Waals surface area contributed by atoms with E-state index in [1.807, 2.05) is 12.1 Å². The van der Waals surface area contributed by atoms with Crippen molar-refractivity contribution < 1.29 is 4.79 Å². The maximum Gasteiger partial charge on any atom is 0.167 e. The van der Waals surface area contributed by atoms with Crippen LogP contribution in [0.25, 0.3) is 0 Å². The molecule has 0 unspecified atom stereocenters. The van der Waals surface area contributed by atoms with Gasteiger partial charge >= 0.3 is 0 Å². The third kappa shape index (κ3) is 3.62. The van der Waals surface area contributed by atoms with Crippen LogP contribution in [-0.4, -0.2) is 10.8 Å². The molecule has 98 valence electrons. The zero-order valence-electron chi connectivity index (χ0n) is 10.1. The summed E-state index contributed by atoms with van der Waals surface area (Å²) in [4.78, 5) is 16.2. The summed E-state index contributed by atoms with van der Waals surface area (Å²) in [5, 5.41) is 0.579. The highest BCUT2D eigenvalue weighted by Gasteiger charge is 2.10. The van der Waals surface area contributed by atoms with Gasteiger partial charge in [-0.3, -0.25) is 9.78 Å². The average Bonchev–Trinajstić information content (AvgIpc) is 2.42. The number of nitrogens with zero attached hydrogens (tertiary/aromatic N) is 1. The number of ketones is 1. The highest BCUT2D eigenvalue weighted by atomic mass is 79.9. The van der Waals surface area contributed by atoms with E-state index in [4.69, 9.17) is 17.3 Å². The zero-order chi connectivity index (χ0) is 13.8. The molecule has 2 N–H and O–H groups in total. The second kappa shape index (κ2) is 6.28. The zero-order valence-corrected chi connectivity index (χ0v) is 12.4. The molecule has 0 bridgehead atoms. The fraction of sp³-hybridized carbons (Fsp3) is 0.143. The first-order valence-corrected chi connectivity index (χ1v) is 6.89. The van der Waals surface area contributed by atoms with Gasteiger partial charge in [0.1, 0.15) is 0 Å². The van der Waals surface area contributed by atoms with Crippen LogP contribution in [0.1, 0.15) is 21.6 Å². The Morgan fingerprint density at radius 3 is 2.79 bits per heavy atom. The predicted octanol–water partition coefficient (Wildman–Crippen LogP) is 3.38. The number of benzene rings is 1. The van der Waals surface area contributed by atoms with Gasteiger partial charge in [-0.05, 0) is 29.8 Å². The lowest BCUT2D eigenvalue weighted by atomic mass is 10.0. The average molecular weight is 340 g/mol. The Kier molecular flexibility index (Phi) is 4.69. The Hall–Kier alpha value is -1.23. The Morgan fingerprint density at radius 2 is 2.11 bits per heavy atom. The quantitative estimate of drug-likeness (QED) is 0.869. The lowest BCUT2D eigenvalue weighted by molar-refractivity contribution is 0.0993. The summed E-state index contributed by atoms with van der Waals surface area (Å²) >= 11 is 9.44. The topological polar surface area (TPSA) is 56.0 Å². The number of hydrogen-bond acceptors (Lipinski definition) is 3. The second-order valence-corrected chi connectivity index (χ2v) is 5.40. The molecule has 0 aliphatic carbocycles. The van der Waals surface area contributed by atoms with Gasteiger partial charge in [-0.1, -0.05) is 33.6 Å². The molecule has 0 fully saturated rings. The van der Waals surface area contributed by atoms with Gasteiger partial charge in [0.25, 0.3) is 0 Å². The van der Waals surface area contributed by atoms with Crippen molar-refractivity contribution in [2.24, 2.45) is 5.73 Å². The van der Waals surface area contributed by atoms with Crippen molar-refractivity contribution in [2.75, 3.05) is 0 Å². The van der Waals surface area contributed by atoms with E-state index < -0.39 is 0 Å². The molecular formula is C14H12BrClN2O. The number of Topliss-reactive ketones (excluding diaryl/α,β-unsaturated/α-hetero) is 1. The molecule has 5 heteroatoms. The summed E-state index contributed by atoms with van der Waals surface area (Å²) in [6.07, 6.45) is 1.86. The van der Waals surface area contributed by atoms with Gasteiger partial charge in [0.2, 0.25) is 0 Å². The van der Waals surface area contributed by atoms with E-state index in [1.165, 1.54) is 0 Å². The van der Waals surface area contributed by atoms with Gasteiger partial charge in [-0.15, -0.1) is 0 Å². The largest absolute Gasteiger partial charge is 0.325 e. The molecule has 0 spiro atoms. The van der Waals surface area contributed by atoms with E-state index in [0.717, 1.165) is 10.0 Å².